The van der Waals surface area contributed by atoms with Gasteiger partial charge in [0.2, 0.25) is 5.28 Å². The van der Waals surface area contributed by atoms with Gasteiger partial charge in [0.05, 0.1) is 18.8 Å². The molecular weight excluding hydrogens is 292 g/mol. The van der Waals surface area contributed by atoms with E-state index in [-0.39, 0.29) is 28.5 Å². The SMILES string of the molecule is OCC(Nc1nc(Cl)ncc1Cl)c1cccc(F)c1. The Morgan fingerprint density at radius 3 is 2.84 bits per heavy atom. The van der Waals surface area contributed by atoms with Crippen molar-refractivity contribution in [2.24, 2.45) is 0 Å². The van der Waals surface area contributed by atoms with Gasteiger partial charge >= 0.3 is 0 Å². The fourth-order valence-electron chi connectivity index (χ4n) is 1.57. The van der Waals surface area contributed by atoms with Gasteiger partial charge in [-0.05, 0) is 29.3 Å². The lowest BCUT2D eigenvalue weighted by Gasteiger charge is -2.18. The molecule has 0 saturated carbocycles. The van der Waals surface area contributed by atoms with Gasteiger partial charge in [0.15, 0.2) is 0 Å². The molecule has 1 unspecified atom stereocenters. The lowest BCUT2D eigenvalue weighted by atomic mass is 10.1. The van der Waals surface area contributed by atoms with Crippen LogP contribution in [0.2, 0.25) is 10.3 Å². The molecule has 1 aromatic heterocycles. The van der Waals surface area contributed by atoms with Crippen molar-refractivity contribution in [3.05, 3.63) is 52.1 Å². The van der Waals surface area contributed by atoms with E-state index in [1.54, 1.807) is 12.1 Å². The van der Waals surface area contributed by atoms with E-state index >= 15 is 0 Å². The zero-order chi connectivity index (χ0) is 13.8. The average molecular weight is 302 g/mol. The molecule has 0 spiro atoms. The molecule has 1 aromatic carbocycles. The Labute approximate surface area is 119 Å². The summed E-state index contributed by atoms with van der Waals surface area (Å²) < 4.78 is 13.2. The molecule has 0 bridgehead atoms. The average Bonchev–Trinajstić information content (AvgIpc) is 2.39. The molecule has 1 heterocycles. The quantitative estimate of drug-likeness (QED) is 0.852. The van der Waals surface area contributed by atoms with Crippen molar-refractivity contribution in [3.8, 4) is 0 Å². The summed E-state index contributed by atoms with van der Waals surface area (Å²) >= 11 is 11.6. The van der Waals surface area contributed by atoms with E-state index in [1.807, 2.05) is 0 Å². The molecule has 0 amide bonds. The summed E-state index contributed by atoms with van der Waals surface area (Å²) in [5.41, 5.74) is 0.577. The molecular formula is C12H10Cl2FN3O. The Morgan fingerprint density at radius 1 is 1.37 bits per heavy atom. The van der Waals surface area contributed by atoms with Gasteiger partial charge in [0.25, 0.3) is 0 Å². The predicted molar refractivity (Wildman–Crippen MR) is 71.9 cm³/mol. The van der Waals surface area contributed by atoms with E-state index < -0.39 is 6.04 Å². The van der Waals surface area contributed by atoms with Crippen molar-refractivity contribution in [2.75, 3.05) is 11.9 Å². The number of anilines is 1. The molecule has 1 atom stereocenters. The standard InChI is InChI=1S/C12H10Cl2FN3O/c13-9-5-16-12(14)18-11(9)17-10(6-19)7-2-1-3-8(15)4-7/h1-5,10,19H,6H2,(H,16,17,18). The summed E-state index contributed by atoms with van der Waals surface area (Å²) in [6, 6.07) is 5.35. The molecule has 0 fully saturated rings. The highest BCUT2D eigenvalue weighted by atomic mass is 35.5. The first-order valence-corrected chi connectivity index (χ1v) is 6.16. The van der Waals surface area contributed by atoms with E-state index in [1.165, 1.54) is 18.3 Å². The topological polar surface area (TPSA) is 58.0 Å². The summed E-state index contributed by atoms with van der Waals surface area (Å²) in [6.45, 7) is -0.249. The number of aromatic nitrogens is 2. The molecule has 2 aromatic rings. The first-order valence-electron chi connectivity index (χ1n) is 5.41. The van der Waals surface area contributed by atoms with Crippen LogP contribution in [-0.2, 0) is 0 Å². The molecule has 4 nitrogen and oxygen atoms in total. The van der Waals surface area contributed by atoms with Crippen LogP contribution in [0.4, 0.5) is 10.2 Å². The number of nitrogens with zero attached hydrogens (tertiary/aromatic N) is 2. The molecule has 0 aliphatic carbocycles. The van der Waals surface area contributed by atoms with Gasteiger partial charge in [-0.3, -0.25) is 0 Å². The number of aliphatic hydroxyl groups excluding tert-OH is 1. The number of nitrogens with one attached hydrogen (secondary N) is 1. The maximum absolute atomic E-state index is 13.2. The van der Waals surface area contributed by atoms with Crippen molar-refractivity contribution in [1.29, 1.82) is 0 Å². The van der Waals surface area contributed by atoms with Gasteiger partial charge < -0.3 is 10.4 Å². The highest BCUT2D eigenvalue weighted by Crippen LogP contribution is 2.25. The lowest BCUT2D eigenvalue weighted by Crippen LogP contribution is -2.16. The van der Waals surface area contributed by atoms with Crippen molar-refractivity contribution < 1.29 is 9.50 Å². The van der Waals surface area contributed by atoms with Crippen molar-refractivity contribution in [1.82, 2.24) is 9.97 Å². The Bertz CT molecular complexity index is 583. The van der Waals surface area contributed by atoms with Crippen LogP contribution in [0.1, 0.15) is 11.6 Å². The molecule has 100 valence electrons. The first kappa shape index (κ1) is 14.0. The number of aliphatic hydroxyl groups is 1. The fraction of sp³-hybridized carbons (Fsp3) is 0.167. The molecule has 0 aliphatic rings. The summed E-state index contributed by atoms with van der Waals surface area (Å²) in [5.74, 6) is -0.102. The second kappa shape index (κ2) is 6.14. The molecule has 2 rings (SSSR count). The molecule has 0 saturated heterocycles. The van der Waals surface area contributed by atoms with Crippen LogP contribution in [0.25, 0.3) is 0 Å². The maximum Gasteiger partial charge on any atom is 0.224 e. The molecule has 7 heteroatoms. The summed E-state index contributed by atoms with van der Waals surface area (Å²) in [5, 5.41) is 12.6. The van der Waals surface area contributed by atoms with Gasteiger partial charge in [-0.25, -0.2) is 9.37 Å². The van der Waals surface area contributed by atoms with Crippen LogP contribution >= 0.6 is 23.2 Å². The third-order valence-electron chi connectivity index (χ3n) is 2.46. The fourth-order valence-corrected chi connectivity index (χ4v) is 1.85. The Balaban J connectivity index is 2.26. The van der Waals surface area contributed by atoms with E-state index in [0.29, 0.717) is 5.56 Å². The number of benzene rings is 1. The number of hydrogen-bond donors (Lipinski definition) is 2. The first-order chi connectivity index (χ1) is 9.10. The van der Waals surface area contributed by atoms with Crippen molar-refractivity contribution in [3.63, 3.8) is 0 Å². The van der Waals surface area contributed by atoms with Gasteiger partial charge in [0, 0.05) is 0 Å². The second-order valence-corrected chi connectivity index (χ2v) is 4.52. The van der Waals surface area contributed by atoms with Gasteiger partial charge in [-0.15, -0.1) is 0 Å². The van der Waals surface area contributed by atoms with Crippen LogP contribution in [-0.4, -0.2) is 21.7 Å². The summed E-state index contributed by atoms with van der Waals surface area (Å²) in [7, 11) is 0. The number of rotatable bonds is 4. The highest BCUT2D eigenvalue weighted by molar-refractivity contribution is 6.33. The smallest absolute Gasteiger partial charge is 0.224 e. The zero-order valence-electron chi connectivity index (χ0n) is 9.65. The Kier molecular flexibility index (Phi) is 4.52. The van der Waals surface area contributed by atoms with Crippen LogP contribution in [0.15, 0.2) is 30.5 Å². The van der Waals surface area contributed by atoms with E-state index in [0.717, 1.165) is 0 Å². The normalized spacial score (nSPS) is 12.2. The molecule has 2 N–H and O–H groups in total. The predicted octanol–water partition coefficient (Wildman–Crippen LogP) is 3.07. The minimum Gasteiger partial charge on any atom is -0.394 e. The van der Waals surface area contributed by atoms with Gasteiger partial charge in [-0.2, -0.15) is 4.98 Å². The van der Waals surface area contributed by atoms with Crippen LogP contribution < -0.4 is 5.32 Å². The van der Waals surface area contributed by atoms with Crippen LogP contribution in [0.5, 0.6) is 0 Å². The monoisotopic (exact) mass is 301 g/mol. The lowest BCUT2D eigenvalue weighted by molar-refractivity contribution is 0.276. The molecule has 0 radical (unpaired) electrons. The van der Waals surface area contributed by atoms with Crippen LogP contribution in [0.3, 0.4) is 0 Å². The van der Waals surface area contributed by atoms with Crippen LogP contribution in [0, 0.1) is 5.82 Å². The Morgan fingerprint density at radius 2 is 2.16 bits per heavy atom. The minimum absolute atomic E-state index is 0.0304. The number of hydrogen-bond acceptors (Lipinski definition) is 4. The third kappa shape index (κ3) is 3.53. The van der Waals surface area contributed by atoms with Gasteiger partial charge in [0.1, 0.15) is 16.7 Å². The largest absolute Gasteiger partial charge is 0.394 e. The summed E-state index contributed by atoms with van der Waals surface area (Å²) in [6.07, 6.45) is 1.35. The third-order valence-corrected chi connectivity index (χ3v) is 2.92. The molecule has 0 aliphatic heterocycles. The molecule has 19 heavy (non-hydrogen) atoms. The highest BCUT2D eigenvalue weighted by Gasteiger charge is 2.14. The van der Waals surface area contributed by atoms with E-state index in [4.69, 9.17) is 23.2 Å². The maximum atomic E-state index is 13.2. The number of halogens is 3. The van der Waals surface area contributed by atoms with Crippen molar-refractivity contribution >= 4 is 29.0 Å². The van der Waals surface area contributed by atoms with Gasteiger partial charge in [-0.1, -0.05) is 23.7 Å². The second-order valence-electron chi connectivity index (χ2n) is 3.77. The van der Waals surface area contributed by atoms with E-state index in [2.05, 4.69) is 15.3 Å². The zero-order valence-corrected chi connectivity index (χ0v) is 11.2. The minimum atomic E-state index is -0.542. The Hall–Kier alpha value is -1.43. The van der Waals surface area contributed by atoms with E-state index in [9.17, 15) is 9.50 Å². The van der Waals surface area contributed by atoms with Crippen molar-refractivity contribution in [2.45, 2.75) is 6.04 Å². The summed E-state index contributed by atoms with van der Waals surface area (Å²) in [4.78, 5) is 7.63.